The largest absolute Gasteiger partial charge is 0.375 e. The van der Waals surface area contributed by atoms with Crippen LogP contribution in [-0.2, 0) is 9.53 Å². The van der Waals surface area contributed by atoms with Crippen molar-refractivity contribution in [3.63, 3.8) is 0 Å². The minimum atomic E-state index is -0.360. The average Bonchev–Trinajstić information content (AvgIpc) is 2.71. The van der Waals surface area contributed by atoms with Crippen LogP contribution in [-0.4, -0.2) is 31.2 Å². The van der Waals surface area contributed by atoms with Crippen molar-refractivity contribution in [3.05, 3.63) is 0 Å². The summed E-state index contributed by atoms with van der Waals surface area (Å²) in [5.41, 5.74) is 6.03. The van der Waals surface area contributed by atoms with Crippen LogP contribution in [0.3, 0.4) is 0 Å². The summed E-state index contributed by atoms with van der Waals surface area (Å²) in [7, 11) is 0. The summed E-state index contributed by atoms with van der Waals surface area (Å²) in [6.45, 7) is 10.4. The molecule has 4 nitrogen and oxygen atoms in total. The molecule has 0 saturated heterocycles. The summed E-state index contributed by atoms with van der Waals surface area (Å²) in [6.07, 6.45) is 4.93. The van der Waals surface area contributed by atoms with Crippen molar-refractivity contribution < 1.29 is 9.53 Å². The van der Waals surface area contributed by atoms with Gasteiger partial charge in [0.25, 0.3) is 0 Å². The molecule has 0 heterocycles. The third kappa shape index (κ3) is 2.48. The van der Waals surface area contributed by atoms with Gasteiger partial charge in [0.2, 0.25) is 5.91 Å². The Bertz CT molecular complexity index is 369. The summed E-state index contributed by atoms with van der Waals surface area (Å²) in [4.78, 5) is 11.5. The molecule has 0 aromatic heterocycles. The van der Waals surface area contributed by atoms with Crippen LogP contribution in [0, 0.1) is 16.7 Å². The van der Waals surface area contributed by atoms with Gasteiger partial charge in [-0.1, -0.05) is 27.7 Å². The first-order chi connectivity index (χ1) is 9.33. The molecule has 0 spiro atoms. The standard InChI is InChI=1S/C16H30N2O2/c1-5-8-18-12(14(17)19)10-20-13-9-11-6-7-16(13,4)15(11,2)3/h11-13,18H,5-10H2,1-4H3,(H2,17,19). The Morgan fingerprint density at radius 2 is 2.15 bits per heavy atom. The van der Waals surface area contributed by atoms with Gasteiger partial charge < -0.3 is 15.8 Å². The van der Waals surface area contributed by atoms with E-state index in [0.717, 1.165) is 25.3 Å². The number of carbonyl (C=O) groups is 1. The number of nitrogens with one attached hydrogen (secondary N) is 1. The molecule has 2 aliphatic carbocycles. The van der Waals surface area contributed by atoms with Gasteiger partial charge in [0.15, 0.2) is 0 Å². The second kappa shape index (κ2) is 5.64. The van der Waals surface area contributed by atoms with Gasteiger partial charge in [-0.05, 0) is 49.0 Å². The maximum atomic E-state index is 11.5. The molecule has 2 aliphatic rings. The van der Waals surface area contributed by atoms with Crippen molar-refractivity contribution >= 4 is 5.91 Å². The van der Waals surface area contributed by atoms with Crippen LogP contribution in [0.2, 0.25) is 0 Å². The van der Waals surface area contributed by atoms with E-state index in [-0.39, 0.29) is 23.5 Å². The molecule has 0 radical (unpaired) electrons. The number of nitrogens with two attached hydrogens (primary N) is 1. The minimum Gasteiger partial charge on any atom is -0.375 e. The van der Waals surface area contributed by atoms with E-state index in [1.54, 1.807) is 0 Å². The van der Waals surface area contributed by atoms with Crippen LogP contribution in [0.5, 0.6) is 0 Å². The Morgan fingerprint density at radius 1 is 1.45 bits per heavy atom. The second-order valence-electron chi connectivity index (χ2n) is 7.34. The maximum absolute atomic E-state index is 11.5. The van der Waals surface area contributed by atoms with E-state index < -0.39 is 0 Å². The molecule has 4 atom stereocenters. The highest BCUT2D eigenvalue weighted by atomic mass is 16.5. The normalized spacial score (nSPS) is 36.2. The Balaban J connectivity index is 1.93. The number of amides is 1. The first-order valence-electron chi connectivity index (χ1n) is 7.97. The number of rotatable bonds is 7. The fourth-order valence-corrected chi connectivity index (χ4v) is 4.15. The van der Waals surface area contributed by atoms with Crippen molar-refractivity contribution in [1.29, 1.82) is 0 Å². The van der Waals surface area contributed by atoms with E-state index in [2.05, 4.69) is 33.0 Å². The molecule has 2 saturated carbocycles. The fraction of sp³-hybridized carbons (Fsp3) is 0.938. The average molecular weight is 282 g/mol. The van der Waals surface area contributed by atoms with Gasteiger partial charge >= 0.3 is 0 Å². The van der Waals surface area contributed by atoms with E-state index in [0.29, 0.717) is 12.0 Å². The molecule has 4 heteroatoms. The number of hydrogen-bond acceptors (Lipinski definition) is 3. The zero-order chi connectivity index (χ0) is 15.0. The number of ether oxygens (including phenoxy) is 1. The first kappa shape index (κ1) is 15.8. The van der Waals surface area contributed by atoms with E-state index >= 15 is 0 Å². The predicted octanol–water partition coefficient (Wildman–Crippen LogP) is 2.07. The highest BCUT2D eigenvalue weighted by molar-refractivity contribution is 5.79. The highest BCUT2D eigenvalue weighted by Gasteiger charge is 2.61. The lowest BCUT2D eigenvalue weighted by Gasteiger charge is -2.39. The number of carbonyl (C=O) groups excluding carboxylic acids is 1. The zero-order valence-electron chi connectivity index (χ0n) is 13.4. The lowest BCUT2D eigenvalue weighted by Crippen LogP contribution is -2.47. The molecule has 116 valence electrons. The predicted molar refractivity (Wildman–Crippen MR) is 80.2 cm³/mol. The van der Waals surface area contributed by atoms with Crippen LogP contribution < -0.4 is 11.1 Å². The monoisotopic (exact) mass is 282 g/mol. The summed E-state index contributed by atoms with van der Waals surface area (Å²) in [5, 5.41) is 3.17. The van der Waals surface area contributed by atoms with Crippen LogP contribution in [0.1, 0.15) is 53.4 Å². The minimum absolute atomic E-state index is 0.241. The van der Waals surface area contributed by atoms with Gasteiger partial charge in [-0.3, -0.25) is 4.79 Å². The summed E-state index contributed by atoms with van der Waals surface area (Å²) in [6, 6.07) is -0.360. The molecule has 20 heavy (non-hydrogen) atoms. The Morgan fingerprint density at radius 3 is 2.60 bits per heavy atom. The molecule has 2 bridgehead atoms. The van der Waals surface area contributed by atoms with Crippen molar-refractivity contribution in [2.75, 3.05) is 13.2 Å². The molecule has 0 aromatic rings. The molecule has 0 aliphatic heterocycles. The van der Waals surface area contributed by atoms with Crippen molar-refractivity contribution in [3.8, 4) is 0 Å². The van der Waals surface area contributed by atoms with E-state index in [4.69, 9.17) is 10.5 Å². The molecular weight excluding hydrogens is 252 g/mol. The van der Waals surface area contributed by atoms with Crippen LogP contribution >= 0.6 is 0 Å². The highest BCUT2D eigenvalue weighted by Crippen LogP contribution is 2.66. The third-order valence-corrected chi connectivity index (χ3v) is 6.16. The van der Waals surface area contributed by atoms with E-state index in [1.807, 2.05) is 0 Å². The number of primary amides is 1. The first-order valence-corrected chi connectivity index (χ1v) is 7.97. The zero-order valence-corrected chi connectivity index (χ0v) is 13.4. The van der Waals surface area contributed by atoms with Gasteiger partial charge in [-0.2, -0.15) is 0 Å². The smallest absolute Gasteiger partial charge is 0.236 e. The van der Waals surface area contributed by atoms with Gasteiger partial charge in [0.1, 0.15) is 6.04 Å². The van der Waals surface area contributed by atoms with Crippen LogP contribution in [0.25, 0.3) is 0 Å². The van der Waals surface area contributed by atoms with Crippen molar-refractivity contribution in [1.82, 2.24) is 5.32 Å². The van der Waals surface area contributed by atoms with Crippen molar-refractivity contribution in [2.45, 2.75) is 65.5 Å². The lowest BCUT2D eigenvalue weighted by atomic mass is 9.70. The maximum Gasteiger partial charge on any atom is 0.236 e. The number of hydrogen-bond donors (Lipinski definition) is 2. The quantitative estimate of drug-likeness (QED) is 0.751. The molecule has 0 aromatic carbocycles. The van der Waals surface area contributed by atoms with Crippen LogP contribution in [0.15, 0.2) is 0 Å². The van der Waals surface area contributed by atoms with Crippen LogP contribution in [0.4, 0.5) is 0 Å². The van der Waals surface area contributed by atoms with E-state index in [1.165, 1.54) is 12.8 Å². The van der Waals surface area contributed by atoms with E-state index in [9.17, 15) is 4.79 Å². The van der Waals surface area contributed by atoms with Gasteiger partial charge in [0, 0.05) is 0 Å². The van der Waals surface area contributed by atoms with Gasteiger partial charge in [0.05, 0.1) is 12.7 Å². The fourth-order valence-electron chi connectivity index (χ4n) is 4.15. The SMILES string of the molecule is CCCNC(COC1CC2CCC1(C)C2(C)C)C(N)=O. The Kier molecular flexibility index (Phi) is 4.45. The lowest BCUT2D eigenvalue weighted by molar-refractivity contribution is -0.123. The Hall–Kier alpha value is -0.610. The van der Waals surface area contributed by atoms with Gasteiger partial charge in [-0.15, -0.1) is 0 Å². The van der Waals surface area contributed by atoms with Crippen molar-refractivity contribution in [2.24, 2.45) is 22.5 Å². The molecule has 4 unspecified atom stereocenters. The molecule has 2 fully saturated rings. The molecule has 3 N–H and O–H groups in total. The molecule has 1 amide bonds. The molecular formula is C16H30N2O2. The second-order valence-corrected chi connectivity index (χ2v) is 7.34. The van der Waals surface area contributed by atoms with Gasteiger partial charge in [-0.25, -0.2) is 0 Å². The molecule has 2 rings (SSSR count). The summed E-state index contributed by atoms with van der Waals surface area (Å²) >= 11 is 0. The third-order valence-electron chi connectivity index (χ3n) is 6.16. The summed E-state index contributed by atoms with van der Waals surface area (Å²) in [5.74, 6) is 0.444. The topological polar surface area (TPSA) is 64.3 Å². The Labute approximate surface area is 122 Å². The number of fused-ring (bicyclic) bond motifs is 2. The summed E-state index contributed by atoms with van der Waals surface area (Å²) < 4.78 is 6.13.